The normalized spacial score (nSPS) is 16.2. The topological polar surface area (TPSA) is 102 Å². The van der Waals surface area contributed by atoms with Crippen molar-refractivity contribution in [2.45, 2.75) is 23.1 Å². The maximum atomic E-state index is 12.7. The highest BCUT2D eigenvalue weighted by atomic mass is 35.5. The molecule has 10 heteroatoms. The highest BCUT2D eigenvalue weighted by molar-refractivity contribution is 7.99. The van der Waals surface area contributed by atoms with Gasteiger partial charge in [-0.15, -0.1) is 11.8 Å². The number of carbonyl (C=O) groups is 2. The van der Waals surface area contributed by atoms with E-state index in [9.17, 15) is 18.0 Å². The van der Waals surface area contributed by atoms with Crippen molar-refractivity contribution in [1.29, 1.82) is 0 Å². The molecule has 0 saturated heterocycles. The number of halogens is 1. The molecule has 1 heterocycles. The number of hydrogen-bond acceptors (Lipinski definition) is 6. The van der Waals surface area contributed by atoms with Crippen molar-refractivity contribution in [3.8, 4) is 5.75 Å². The molecule has 0 spiro atoms. The second-order valence-corrected chi connectivity index (χ2v) is 10.4. The van der Waals surface area contributed by atoms with E-state index in [-0.39, 0.29) is 28.9 Å². The van der Waals surface area contributed by atoms with Gasteiger partial charge in [-0.3, -0.25) is 9.59 Å². The average molecular weight is 469 g/mol. The molecule has 30 heavy (non-hydrogen) atoms. The smallest absolute Gasteiger partial charge is 0.228 e. The van der Waals surface area contributed by atoms with Crippen molar-refractivity contribution < 1.29 is 22.7 Å². The van der Waals surface area contributed by atoms with Gasteiger partial charge in [0.1, 0.15) is 5.75 Å². The Labute approximate surface area is 184 Å². The van der Waals surface area contributed by atoms with Crippen molar-refractivity contribution >= 4 is 56.4 Å². The number of sulfone groups is 1. The molecular weight excluding hydrogens is 448 g/mol. The molecule has 0 bridgehead atoms. The summed E-state index contributed by atoms with van der Waals surface area (Å²) in [5, 5.41) is 5.73. The fourth-order valence-electron chi connectivity index (χ4n) is 2.79. The summed E-state index contributed by atoms with van der Waals surface area (Å²) < 4.78 is 30.5. The Hall–Kier alpha value is -2.23. The van der Waals surface area contributed by atoms with Crippen LogP contribution >= 0.6 is 23.4 Å². The Morgan fingerprint density at radius 3 is 2.77 bits per heavy atom. The van der Waals surface area contributed by atoms with E-state index in [2.05, 4.69) is 10.6 Å². The van der Waals surface area contributed by atoms with E-state index in [1.54, 1.807) is 18.2 Å². The lowest BCUT2D eigenvalue weighted by Crippen LogP contribution is -2.20. The van der Waals surface area contributed by atoms with E-state index < -0.39 is 15.7 Å². The Bertz CT molecular complexity index is 1090. The van der Waals surface area contributed by atoms with Gasteiger partial charge in [-0.2, -0.15) is 0 Å². The monoisotopic (exact) mass is 468 g/mol. The standard InChI is InChI=1S/C20H21ClN2O5S2/c1-12-11-29-18-6-4-14(10-16(18)23-20(12)25)30(26,27)8-7-19(24)22-13-3-5-17(28-2)15(21)9-13/h3-6,9-10,12H,7-8,11H2,1-2H3,(H,22,24)(H,23,25)/t12-/m0/s1. The summed E-state index contributed by atoms with van der Waals surface area (Å²) in [6.45, 7) is 1.82. The van der Waals surface area contributed by atoms with Crippen molar-refractivity contribution in [2.75, 3.05) is 29.2 Å². The first-order chi connectivity index (χ1) is 14.2. The third-order valence-corrected chi connectivity index (χ3v) is 7.88. The SMILES string of the molecule is COc1ccc(NC(=O)CCS(=O)(=O)c2ccc3c(c2)NC(=O)[C@@H](C)CS3)cc1Cl. The molecule has 0 aromatic heterocycles. The number of fused-ring (bicyclic) bond motifs is 1. The molecule has 0 aliphatic carbocycles. The first-order valence-corrected chi connectivity index (χ1v) is 12.1. The quantitative estimate of drug-likeness (QED) is 0.668. The van der Waals surface area contributed by atoms with Gasteiger partial charge in [0.15, 0.2) is 9.84 Å². The molecule has 0 fully saturated rings. The number of rotatable bonds is 6. The summed E-state index contributed by atoms with van der Waals surface area (Å²) in [5.41, 5.74) is 0.926. The number of thioether (sulfide) groups is 1. The summed E-state index contributed by atoms with van der Waals surface area (Å²) in [6.07, 6.45) is -0.221. The lowest BCUT2D eigenvalue weighted by Gasteiger charge is -2.11. The summed E-state index contributed by atoms with van der Waals surface area (Å²) in [7, 11) is -2.23. The fraction of sp³-hybridized carbons (Fsp3) is 0.300. The fourth-order valence-corrected chi connectivity index (χ4v) is 5.32. The second-order valence-electron chi connectivity index (χ2n) is 6.83. The molecule has 2 aromatic carbocycles. The third kappa shape index (κ3) is 5.27. The number of ether oxygens (including phenoxy) is 1. The molecule has 0 radical (unpaired) electrons. The highest BCUT2D eigenvalue weighted by Gasteiger charge is 2.23. The van der Waals surface area contributed by atoms with Crippen LogP contribution in [0.3, 0.4) is 0 Å². The molecule has 2 N–H and O–H groups in total. The molecular formula is C20H21ClN2O5S2. The number of hydrogen-bond donors (Lipinski definition) is 2. The first-order valence-electron chi connectivity index (χ1n) is 9.13. The van der Waals surface area contributed by atoms with Crippen LogP contribution in [-0.2, 0) is 19.4 Å². The van der Waals surface area contributed by atoms with E-state index in [1.165, 1.54) is 37.1 Å². The van der Waals surface area contributed by atoms with E-state index in [4.69, 9.17) is 16.3 Å². The predicted octanol–water partition coefficient (Wildman–Crippen LogP) is 3.83. The number of carbonyl (C=O) groups excluding carboxylic acids is 2. The van der Waals surface area contributed by atoms with E-state index >= 15 is 0 Å². The van der Waals surface area contributed by atoms with Gasteiger partial charge in [-0.25, -0.2) is 8.42 Å². The number of methoxy groups -OCH3 is 1. The Morgan fingerprint density at radius 2 is 2.07 bits per heavy atom. The van der Waals surface area contributed by atoms with Gasteiger partial charge in [-0.05, 0) is 36.4 Å². The molecule has 2 aromatic rings. The summed E-state index contributed by atoms with van der Waals surface area (Å²) in [6, 6.07) is 9.40. The van der Waals surface area contributed by atoms with E-state index in [0.29, 0.717) is 27.9 Å². The maximum Gasteiger partial charge on any atom is 0.228 e. The van der Waals surface area contributed by atoms with Crippen LogP contribution in [0.4, 0.5) is 11.4 Å². The predicted molar refractivity (Wildman–Crippen MR) is 118 cm³/mol. The minimum atomic E-state index is -3.71. The molecule has 160 valence electrons. The maximum absolute atomic E-state index is 12.7. The zero-order valence-corrected chi connectivity index (χ0v) is 18.8. The molecule has 1 aliphatic rings. The van der Waals surface area contributed by atoms with Crippen LogP contribution in [0.5, 0.6) is 5.75 Å². The van der Waals surface area contributed by atoms with Crippen LogP contribution in [0.15, 0.2) is 46.2 Å². The van der Waals surface area contributed by atoms with Gasteiger partial charge < -0.3 is 15.4 Å². The van der Waals surface area contributed by atoms with Crippen LogP contribution in [-0.4, -0.2) is 38.8 Å². The molecule has 0 saturated carbocycles. The van der Waals surface area contributed by atoms with E-state index in [0.717, 1.165) is 4.90 Å². The number of benzene rings is 2. The molecule has 1 aliphatic heterocycles. The van der Waals surface area contributed by atoms with Gasteiger partial charge >= 0.3 is 0 Å². The van der Waals surface area contributed by atoms with Crippen LogP contribution in [0.2, 0.25) is 5.02 Å². The Kier molecular flexibility index (Phi) is 6.95. The van der Waals surface area contributed by atoms with Crippen molar-refractivity contribution in [3.05, 3.63) is 41.4 Å². The number of nitrogens with one attached hydrogen (secondary N) is 2. The third-order valence-electron chi connectivity index (χ3n) is 4.54. The molecule has 0 unspecified atom stereocenters. The van der Waals surface area contributed by atoms with Gasteiger partial charge in [-0.1, -0.05) is 18.5 Å². The zero-order chi connectivity index (χ0) is 21.9. The largest absolute Gasteiger partial charge is 0.495 e. The average Bonchev–Trinajstić information content (AvgIpc) is 2.84. The zero-order valence-electron chi connectivity index (χ0n) is 16.4. The molecule has 1 atom stereocenters. The second kappa shape index (κ2) is 9.28. The van der Waals surface area contributed by atoms with Gasteiger partial charge in [0.2, 0.25) is 11.8 Å². The molecule has 7 nitrogen and oxygen atoms in total. The van der Waals surface area contributed by atoms with Gasteiger partial charge in [0.05, 0.1) is 28.5 Å². The van der Waals surface area contributed by atoms with Gasteiger partial charge in [0, 0.05) is 28.7 Å². The Morgan fingerprint density at radius 1 is 1.30 bits per heavy atom. The Balaban J connectivity index is 1.67. The lowest BCUT2D eigenvalue weighted by molar-refractivity contribution is -0.118. The molecule has 3 rings (SSSR count). The summed E-state index contributed by atoms with van der Waals surface area (Å²) in [5.74, 6) is -0.0299. The van der Waals surface area contributed by atoms with Crippen molar-refractivity contribution in [3.63, 3.8) is 0 Å². The highest BCUT2D eigenvalue weighted by Crippen LogP contribution is 2.34. The van der Waals surface area contributed by atoms with Crippen LogP contribution < -0.4 is 15.4 Å². The van der Waals surface area contributed by atoms with E-state index in [1.807, 2.05) is 6.92 Å². The summed E-state index contributed by atoms with van der Waals surface area (Å²) in [4.78, 5) is 25.1. The van der Waals surface area contributed by atoms with Crippen molar-refractivity contribution in [2.24, 2.45) is 5.92 Å². The number of anilines is 2. The van der Waals surface area contributed by atoms with Crippen LogP contribution in [0, 0.1) is 5.92 Å². The first kappa shape index (κ1) is 22.5. The molecule has 2 amide bonds. The minimum absolute atomic E-state index is 0.0667. The summed E-state index contributed by atoms with van der Waals surface area (Å²) >= 11 is 7.53. The van der Waals surface area contributed by atoms with Crippen molar-refractivity contribution in [1.82, 2.24) is 0 Å². The van der Waals surface area contributed by atoms with Crippen LogP contribution in [0.25, 0.3) is 0 Å². The lowest BCUT2D eigenvalue weighted by atomic mass is 10.2. The van der Waals surface area contributed by atoms with Crippen LogP contribution in [0.1, 0.15) is 13.3 Å². The van der Waals surface area contributed by atoms with Gasteiger partial charge in [0.25, 0.3) is 0 Å². The number of amides is 2. The minimum Gasteiger partial charge on any atom is -0.495 e.